The highest BCUT2D eigenvalue weighted by Crippen LogP contribution is 2.20. The van der Waals surface area contributed by atoms with Crippen LogP contribution in [0.15, 0.2) is 41.4 Å². The molecular formula is C14H13F4N3OS. The Hall–Kier alpha value is -2.03. The van der Waals surface area contributed by atoms with Gasteiger partial charge in [0.05, 0.1) is 12.2 Å². The maximum Gasteiger partial charge on any atom is 0.390 e. The predicted octanol–water partition coefficient (Wildman–Crippen LogP) is 3.71. The van der Waals surface area contributed by atoms with Crippen molar-refractivity contribution in [3.8, 4) is 0 Å². The van der Waals surface area contributed by atoms with E-state index in [1.54, 1.807) is 12.1 Å². The lowest BCUT2D eigenvalue weighted by Crippen LogP contribution is -2.15. The van der Waals surface area contributed by atoms with Crippen molar-refractivity contribution in [1.29, 1.82) is 0 Å². The van der Waals surface area contributed by atoms with Crippen molar-refractivity contribution in [2.24, 2.45) is 0 Å². The minimum absolute atomic E-state index is 0.0844. The molecule has 124 valence electrons. The summed E-state index contributed by atoms with van der Waals surface area (Å²) in [5.74, 6) is -0.429. The molecule has 9 heteroatoms. The fourth-order valence-corrected chi connectivity index (χ4v) is 2.35. The number of aryl methyl sites for hydroxylation is 1. The van der Waals surface area contributed by atoms with Crippen molar-refractivity contribution >= 4 is 23.5 Å². The van der Waals surface area contributed by atoms with Crippen LogP contribution in [0.2, 0.25) is 0 Å². The van der Waals surface area contributed by atoms with Gasteiger partial charge in [0.2, 0.25) is 5.91 Å². The van der Waals surface area contributed by atoms with E-state index in [4.69, 9.17) is 0 Å². The summed E-state index contributed by atoms with van der Waals surface area (Å²) in [5.41, 5.74) is 0. The monoisotopic (exact) mass is 347 g/mol. The normalized spacial score (nSPS) is 11.5. The van der Waals surface area contributed by atoms with Crippen LogP contribution in [0.4, 0.5) is 23.4 Å². The first-order chi connectivity index (χ1) is 10.8. The first kappa shape index (κ1) is 17.3. The second-order valence-corrected chi connectivity index (χ2v) is 5.67. The Morgan fingerprint density at radius 1 is 1.22 bits per heavy atom. The van der Waals surface area contributed by atoms with E-state index in [9.17, 15) is 22.4 Å². The average Bonchev–Trinajstić information content (AvgIpc) is 2.91. The quantitative estimate of drug-likeness (QED) is 0.640. The van der Waals surface area contributed by atoms with E-state index in [0.717, 1.165) is 9.58 Å². The van der Waals surface area contributed by atoms with E-state index in [1.165, 1.54) is 36.2 Å². The molecule has 0 aliphatic heterocycles. The summed E-state index contributed by atoms with van der Waals surface area (Å²) >= 11 is 1.21. The molecule has 0 fully saturated rings. The first-order valence-corrected chi connectivity index (χ1v) is 7.59. The molecule has 2 rings (SSSR count). The van der Waals surface area contributed by atoms with Crippen molar-refractivity contribution in [3.63, 3.8) is 0 Å². The fraction of sp³-hybridized carbons (Fsp3) is 0.286. The summed E-state index contributed by atoms with van der Waals surface area (Å²) in [4.78, 5) is 12.5. The van der Waals surface area contributed by atoms with Gasteiger partial charge in [-0.25, -0.2) is 4.39 Å². The maximum absolute atomic E-state index is 12.7. The summed E-state index contributed by atoms with van der Waals surface area (Å²) < 4.78 is 50.2. The van der Waals surface area contributed by atoms with E-state index in [2.05, 4.69) is 10.4 Å². The van der Waals surface area contributed by atoms with Gasteiger partial charge in [0.25, 0.3) is 0 Å². The van der Waals surface area contributed by atoms with E-state index >= 15 is 0 Å². The number of rotatable bonds is 6. The average molecular weight is 347 g/mol. The lowest BCUT2D eigenvalue weighted by atomic mass is 10.4. The zero-order valence-electron chi connectivity index (χ0n) is 11.8. The van der Waals surface area contributed by atoms with Crippen LogP contribution in [0.1, 0.15) is 6.42 Å². The molecule has 0 spiro atoms. The highest BCUT2D eigenvalue weighted by Gasteiger charge is 2.26. The number of carbonyl (C=O) groups excluding carboxylic acids is 1. The molecule has 1 aromatic carbocycles. The van der Waals surface area contributed by atoms with E-state index in [-0.39, 0.29) is 29.8 Å². The molecule has 4 nitrogen and oxygen atoms in total. The third-order valence-corrected chi connectivity index (χ3v) is 3.73. The van der Waals surface area contributed by atoms with Gasteiger partial charge in [-0.1, -0.05) is 0 Å². The Labute approximate surface area is 133 Å². The molecule has 1 heterocycles. The third-order valence-electron chi connectivity index (χ3n) is 2.72. The minimum atomic E-state index is -4.25. The van der Waals surface area contributed by atoms with Crippen LogP contribution in [-0.2, 0) is 11.3 Å². The van der Waals surface area contributed by atoms with Gasteiger partial charge < -0.3 is 5.32 Å². The lowest BCUT2D eigenvalue weighted by molar-refractivity contribution is -0.137. The Balaban J connectivity index is 1.79. The van der Waals surface area contributed by atoms with Crippen molar-refractivity contribution in [2.75, 3.05) is 11.1 Å². The van der Waals surface area contributed by atoms with Crippen LogP contribution >= 0.6 is 11.8 Å². The van der Waals surface area contributed by atoms with Gasteiger partial charge >= 0.3 is 6.18 Å². The van der Waals surface area contributed by atoms with Crippen molar-refractivity contribution in [3.05, 3.63) is 42.3 Å². The second-order valence-electron chi connectivity index (χ2n) is 4.62. The molecule has 0 atom stereocenters. The third kappa shape index (κ3) is 6.31. The molecule has 0 aliphatic carbocycles. The molecule has 23 heavy (non-hydrogen) atoms. The topological polar surface area (TPSA) is 46.9 Å². The number of aromatic nitrogens is 2. The summed E-state index contributed by atoms with van der Waals surface area (Å²) in [5, 5.41) is 6.34. The SMILES string of the molecule is O=C(CSc1ccc(F)cc1)Nc1ccn(CCC(F)(F)F)n1. The number of hydrogen-bond acceptors (Lipinski definition) is 3. The fourth-order valence-electron chi connectivity index (χ4n) is 1.65. The van der Waals surface area contributed by atoms with Crippen molar-refractivity contribution < 1.29 is 22.4 Å². The molecule has 0 saturated carbocycles. The van der Waals surface area contributed by atoms with Gasteiger partial charge in [0, 0.05) is 23.7 Å². The Kier molecular flexibility index (Phi) is 5.64. The second kappa shape index (κ2) is 7.49. The maximum atomic E-state index is 12.7. The molecule has 1 amide bonds. The van der Waals surface area contributed by atoms with E-state index in [0.29, 0.717) is 0 Å². The Bertz CT molecular complexity index is 655. The zero-order chi connectivity index (χ0) is 16.9. The Morgan fingerprint density at radius 3 is 2.57 bits per heavy atom. The minimum Gasteiger partial charge on any atom is -0.308 e. The predicted molar refractivity (Wildman–Crippen MR) is 78.7 cm³/mol. The molecule has 0 radical (unpaired) electrons. The molecule has 1 aromatic heterocycles. The Morgan fingerprint density at radius 2 is 1.91 bits per heavy atom. The number of anilines is 1. The molecule has 0 saturated heterocycles. The number of thioether (sulfide) groups is 1. The molecule has 0 unspecified atom stereocenters. The van der Waals surface area contributed by atoms with Gasteiger partial charge in [-0.05, 0) is 24.3 Å². The van der Waals surface area contributed by atoms with Crippen molar-refractivity contribution in [1.82, 2.24) is 9.78 Å². The molecule has 2 aromatic rings. The van der Waals surface area contributed by atoms with Gasteiger partial charge in [-0.15, -0.1) is 11.8 Å². The summed E-state index contributed by atoms with van der Waals surface area (Å²) in [6.07, 6.45) is -3.86. The van der Waals surface area contributed by atoms with Crippen LogP contribution < -0.4 is 5.32 Å². The number of halogens is 4. The van der Waals surface area contributed by atoms with Crippen LogP contribution in [0, 0.1) is 5.82 Å². The van der Waals surface area contributed by atoms with Gasteiger partial charge in [0.15, 0.2) is 5.82 Å². The van der Waals surface area contributed by atoms with Gasteiger partial charge in [-0.2, -0.15) is 18.3 Å². The van der Waals surface area contributed by atoms with Crippen LogP contribution in [0.5, 0.6) is 0 Å². The molecule has 1 N–H and O–H groups in total. The lowest BCUT2D eigenvalue weighted by Gasteiger charge is -2.06. The van der Waals surface area contributed by atoms with Gasteiger partial charge in [0.1, 0.15) is 5.82 Å². The number of amides is 1. The number of alkyl halides is 3. The summed E-state index contributed by atoms with van der Waals surface area (Å²) in [7, 11) is 0. The summed E-state index contributed by atoms with van der Waals surface area (Å²) in [6, 6.07) is 7.13. The van der Waals surface area contributed by atoms with E-state index < -0.39 is 12.6 Å². The molecule has 0 aliphatic rings. The van der Waals surface area contributed by atoms with Crippen LogP contribution in [0.3, 0.4) is 0 Å². The highest BCUT2D eigenvalue weighted by molar-refractivity contribution is 8.00. The van der Waals surface area contributed by atoms with E-state index in [1.807, 2.05) is 0 Å². The van der Waals surface area contributed by atoms with Crippen LogP contribution in [-0.4, -0.2) is 27.6 Å². The largest absolute Gasteiger partial charge is 0.390 e. The number of hydrogen-bond donors (Lipinski definition) is 1. The smallest absolute Gasteiger partial charge is 0.308 e. The number of nitrogens with zero attached hydrogens (tertiary/aromatic N) is 2. The zero-order valence-corrected chi connectivity index (χ0v) is 12.6. The number of nitrogens with one attached hydrogen (secondary N) is 1. The number of benzene rings is 1. The first-order valence-electron chi connectivity index (χ1n) is 6.60. The highest BCUT2D eigenvalue weighted by atomic mass is 32.2. The molecular weight excluding hydrogens is 334 g/mol. The van der Waals surface area contributed by atoms with Crippen LogP contribution in [0.25, 0.3) is 0 Å². The summed E-state index contributed by atoms with van der Waals surface area (Å²) in [6.45, 7) is -0.302. The molecule has 0 bridgehead atoms. The number of carbonyl (C=O) groups is 1. The van der Waals surface area contributed by atoms with Gasteiger partial charge in [-0.3, -0.25) is 9.48 Å². The van der Waals surface area contributed by atoms with Crippen molar-refractivity contribution in [2.45, 2.75) is 24.0 Å². The standard InChI is InChI=1S/C14H13F4N3OS/c15-10-1-3-11(4-2-10)23-9-13(22)19-12-5-7-21(20-12)8-6-14(16,17)18/h1-5,7H,6,8-9H2,(H,19,20,22).